The van der Waals surface area contributed by atoms with Gasteiger partial charge in [0.2, 0.25) is 0 Å². The van der Waals surface area contributed by atoms with Gasteiger partial charge in [-0.15, -0.1) is 0 Å². The Morgan fingerprint density at radius 3 is 2.79 bits per heavy atom. The lowest BCUT2D eigenvalue weighted by Gasteiger charge is -2.15. The van der Waals surface area contributed by atoms with Crippen molar-refractivity contribution in [2.24, 2.45) is 0 Å². The molecule has 0 amide bonds. The second-order valence-electron chi connectivity index (χ2n) is 4.65. The summed E-state index contributed by atoms with van der Waals surface area (Å²) in [6, 6.07) is 6.23. The Labute approximate surface area is 124 Å². The van der Waals surface area contributed by atoms with Gasteiger partial charge in [0.25, 0.3) is 0 Å². The molecule has 0 heterocycles. The van der Waals surface area contributed by atoms with Gasteiger partial charge in [-0.1, -0.05) is 19.4 Å². The van der Waals surface area contributed by atoms with Gasteiger partial charge in [-0.3, -0.25) is 0 Å². The van der Waals surface area contributed by atoms with Crippen molar-refractivity contribution in [3.8, 4) is 5.75 Å². The summed E-state index contributed by atoms with van der Waals surface area (Å²) in [7, 11) is 1.71. The van der Waals surface area contributed by atoms with Crippen LogP contribution in [0.25, 0.3) is 0 Å². The largest absolute Gasteiger partial charge is 0.490 e. The monoisotopic (exact) mass is 329 g/mol. The molecule has 0 radical (unpaired) electrons. The third-order valence-corrected chi connectivity index (χ3v) is 3.45. The molecule has 1 N–H and O–H groups in total. The maximum Gasteiger partial charge on any atom is 0.133 e. The molecule has 0 aliphatic rings. The molecular weight excluding hydrogens is 306 g/mol. The molecular formula is C15H24BrNO2. The Bertz CT molecular complexity index is 371. The molecule has 1 atom stereocenters. The number of benzene rings is 1. The number of methoxy groups -OCH3 is 1. The molecule has 0 fully saturated rings. The van der Waals surface area contributed by atoms with Gasteiger partial charge in [-0.2, -0.15) is 0 Å². The second kappa shape index (κ2) is 9.34. The standard InChI is InChI=1S/C15H24BrNO2/c1-4-5-12(2)19-15-7-6-13(10-14(15)16)11-17-8-9-18-3/h6-7,10,12,17H,4-5,8-9,11H2,1-3H3. The SMILES string of the molecule is CCCC(C)Oc1ccc(CNCCOC)cc1Br. The number of nitrogens with one attached hydrogen (secondary N) is 1. The van der Waals surface area contributed by atoms with Crippen LogP contribution in [0, 0.1) is 0 Å². The van der Waals surface area contributed by atoms with Gasteiger partial charge in [0.1, 0.15) is 5.75 Å². The molecule has 4 heteroatoms. The quantitative estimate of drug-likeness (QED) is 0.700. The molecule has 0 aromatic heterocycles. The second-order valence-corrected chi connectivity index (χ2v) is 5.51. The third kappa shape index (κ3) is 6.41. The first kappa shape index (κ1) is 16.5. The van der Waals surface area contributed by atoms with E-state index >= 15 is 0 Å². The van der Waals surface area contributed by atoms with E-state index in [2.05, 4.69) is 47.2 Å². The van der Waals surface area contributed by atoms with E-state index in [1.807, 2.05) is 6.07 Å². The van der Waals surface area contributed by atoms with E-state index < -0.39 is 0 Å². The minimum Gasteiger partial charge on any atom is -0.490 e. The summed E-state index contributed by atoms with van der Waals surface area (Å²) in [4.78, 5) is 0. The Balaban J connectivity index is 2.49. The molecule has 1 aromatic carbocycles. The summed E-state index contributed by atoms with van der Waals surface area (Å²) in [5.74, 6) is 0.918. The molecule has 0 bridgehead atoms. The van der Waals surface area contributed by atoms with Crippen molar-refractivity contribution in [3.05, 3.63) is 28.2 Å². The molecule has 1 rings (SSSR count). The van der Waals surface area contributed by atoms with Crippen LogP contribution >= 0.6 is 15.9 Å². The highest BCUT2D eigenvalue weighted by molar-refractivity contribution is 9.10. The first-order valence-electron chi connectivity index (χ1n) is 6.82. The van der Waals surface area contributed by atoms with Gasteiger partial charge in [0.05, 0.1) is 17.2 Å². The Hall–Kier alpha value is -0.580. The number of ether oxygens (including phenoxy) is 2. The highest BCUT2D eigenvalue weighted by Crippen LogP contribution is 2.27. The van der Waals surface area contributed by atoms with Gasteiger partial charge in [-0.05, 0) is 47.0 Å². The normalized spacial score (nSPS) is 12.4. The van der Waals surface area contributed by atoms with Crippen LogP contribution < -0.4 is 10.1 Å². The molecule has 0 aliphatic heterocycles. The van der Waals surface area contributed by atoms with E-state index in [4.69, 9.17) is 9.47 Å². The van der Waals surface area contributed by atoms with Gasteiger partial charge < -0.3 is 14.8 Å². The van der Waals surface area contributed by atoms with E-state index in [9.17, 15) is 0 Å². The van der Waals surface area contributed by atoms with Crippen molar-refractivity contribution in [2.45, 2.75) is 39.3 Å². The molecule has 0 saturated carbocycles. The Morgan fingerprint density at radius 1 is 1.37 bits per heavy atom. The van der Waals surface area contributed by atoms with Crippen LogP contribution in [-0.2, 0) is 11.3 Å². The van der Waals surface area contributed by atoms with Crippen LogP contribution in [-0.4, -0.2) is 26.4 Å². The van der Waals surface area contributed by atoms with Crippen molar-refractivity contribution in [2.75, 3.05) is 20.3 Å². The van der Waals surface area contributed by atoms with Crippen molar-refractivity contribution in [1.29, 1.82) is 0 Å². The summed E-state index contributed by atoms with van der Waals surface area (Å²) < 4.78 is 11.9. The lowest BCUT2D eigenvalue weighted by Crippen LogP contribution is -2.18. The molecule has 1 aromatic rings. The molecule has 108 valence electrons. The summed E-state index contributed by atoms with van der Waals surface area (Å²) in [5.41, 5.74) is 1.23. The smallest absolute Gasteiger partial charge is 0.133 e. The van der Waals surface area contributed by atoms with E-state index in [1.165, 1.54) is 5.56 Å². The van der Waals surface area contributed by atoms with Crippen molar-refractivity contribution in [3.63, 3.8) is 0 Å². The first-order valence-corrected chi connectivity index (χ1v) is 7.61. The maximum absolute atomic E-state index is 5.90. The third-order valence-electron chi connectivity index (χ3n) is 2.83. The fourth-order valence-corrected chi connectivity index (χ4v) is 2.36. The lowest BCUT2D eigenvalue weighted by molar-refractivity contribution is 0.199. The van der Waals surface area contributed by atoms with Crippen LogP contribution in [0.2, 0.25) is 0 Å². The predicted molar refractivity (Wildman–Crippen MR) is 82.7 cm³/mol. The molecule has 0 saturated heterocycles. The maximum atomic E-state index is 5.90. The zero-order valence-electron chi connectivity index (χ0n) is 12.0. The highest BCUT2D eigenvalue weighted by atomic mass is 79.9. The molecule has 19 heavy (non-hydrogen) atoms. The average Bonchev–Trinajstić information content (AvgIpc) is 2.38. The Kier molecular flexibility index (Phi) is 8.10. The minimum atomic E-state index is 0.256. The predicted octanol–water partition coefficient (Wildman–Crippen LogP) is 3.75. The first-order chi connectivity index (χ1) is 9.17. The van der Waals surface area contributed by atoms with Gasteiger partial charge in [0, 0.05) is 20.2 Å². The zero-order valence-corrected chi connectivity index (χ0v) is 13.6. The minimum absolute atomic E-state index is 0.256. The molecule has 1 unspecified atom stereocenters. The summed E-state index contributed by atoms with van der Waals surface area (Å²) in [6.45, 7) is 6.71. The zero-order chi connectivity index (χ0) is 14.1. The van der Waals surface area contributed by atoms with Crippen LogP contribution in [0.5, 0.6) is 5.75 Å². The van der Waals surface area contributed by atoms with Crippen molar-refractivity contribution in [1.82, 2.24) is 5.32 Å². The summed E-state index contributed by atoms with van der Waals surface area (Å²) in [6.07, 6.45) is 2.47. The summed E-state index contributed by atoms with van der Waals surface area (Å²) in [5, 5.41) is 3.32. The fraction of sp³-hybridized carbons (Fsp3) is 0.600. The van der Waals surface area contributed by atoms with E-state index in [1.54, 1.807) is 7.11 Å². The van der Waals surface area contributed by atoms with E-state index in [0.717, 1.165) is 42.8 Å². The fourth-order valence-electron chi connectivity index (χ4n) is 1.84. The number of halogens is 1. The average molecular weight is 330 g/mol. The molecule has 0 aliphatic carbocycles. The summed E-state index contributed by atoms with van der Waals surface area (Å²) >= 11 is 3.57. The highest BCUT2D eigenvalue weighted by Gasteiger charge is 2.07. The van der Waals surface area contributed by atoms with Crippen LogP contribution in [0.1, 0.15) is 32.3 Å². The van der Waals surface area contributed by atoms with E-state index in [-0.39, 0.29) is 6.10 Å². The van der Waals surface area contributed by atoms with Crippen molar-refractivity contribution < 1.29 is 9.47 Å². The number of rotatable bonds is 9. The topological polar surface area (TPSA) is 30.5 Å². The van der Waals surface area contributed by atoms with Crippen molar-refractivity contribution >= 4 is 15.9 Å². The number of hydrogen-bond donors (Lipinski definition) is 1. The lowest BCUT2D eigenvalue weighted by atomic mass is 10.2. The van der Waals surface area contributed by atoms with Crippen LogP contribution in [0.3, 0.4) is 0 Å². The number of hydrogen-bond acceptors (Lipinski definition) is 3. The van der Waals surface area contributed by atoms with Gasteiger partial charge in [-0.25, -0.2) is 0 Å². The molecule has 0 spiro atoms. The van der Waals surface area contributed by atoms with Gasteiger partial charge in [0.15, 0.2) is 0 Å². The van der Waals surface area contributed by atoms with Crippen LogP contribution in [0.15, 0.2) is 22.7 Å². The molecule has 3 nitrogen and oxygen atoms in total. The van der Waals surface area contributed by atoms with Gasteiger partial charge >= 0.3 is 0 Å². The van der Waals surface area contributed by atoms with Crippen LogP contribution in [0.4, 0.5) is 0 Å². The van der Waals surface area contributed by atoms with E-state index in [0.29, 0.717) is 0 Å². The Morgan fingerprint density at radius 2 is 2.16 bits per heavy atom.